The van der Waals surface area contributed by atoms with Gasteiger partial charge in [-0.1, -0.05) is 12.1 Å². The molecule has 10 heteroatoms. The second-order valence-corrected chi connectivity index (χ2v) is 7.01. The highest BCUT2D eigenvalue weighted by molar-refractivity contribution is 5.84. The molecule has 0 atom stereocenters. The third-order valence-corrected chi connectivity index (χ3v) is 4.90. The topological polar surface area (TPSA) is 107 Å². The molecule has 3 heterocycles. The second kappa shape index (κ2) is 8.87. The molecule has 0 radical (unpaired) electrons. The van der Waals surface area contributed by atoms with Gasteiger partial charge < -0.3 is 26.3 Å². The number of hydrogen-bond donors (Lipinski definition) is 4. The molecule has 0 saturated carbocycles. The van der Waals surface area contributed by atoms with Gasteiger partial charge in [-0.25, -0.2) is 9.37 Å². The van der Waals surface area contributed by atoms with E-state index in [2.05, 4.69) is 35.9 Å². The largest absolute Gasteiger partial charge is 0.367 e. The molecule has 1 aromatic carbocycles. The first-order valence-corrected chi connectivity index (χ1v) is 9.74. The minimum atomic E-state index is -0.230. The summed E-state index contributed by atoms with van der Waals surface area (Å²) in [6.45, 7) is 3.49. The third kappa shape index (κ3) is 4.38. The molecule has 4 N–H and O–H groups in total. The first kappa shape index (κ1) is 19.8. The highest BCUT2D eigenvalue weighted by Gasteiger charge is 2.17. The number of piperazine rings is 1. The molecule has 30 heavy (non-hydrogen) atoms. The number of aromatic nitrogens is 4. The van der Waals surface area contributed by atoms with E-state index in [1.54, 1.807) is 29.3 Å². The van der Waals surface area contributed by atoms with E-state index in [-0.39, 0.29) is 15.2 Å². The van der Waals surface area contributed by atoms with Crippen molar-refractivity contribution in [3.05, 3.63) is 53.7 Å². The number of benzene rings is 1. The minimum Gasteiger partial charge on any atom is -0.367 e. The Hall–Kier alpha value is -3.53. The summed E-state index contributed by atoms with van der Waals surface area (Å²) in [6, 6.07) is 5.44. The molecule has 0 aliphatic carbocycles. The Morgan fingerprint density at radius 1 is 1.30 bits per heavy atom. The standard InChI is InChI=1S/C20H24FN9.2H2/c1-29-13-16(12-26-29)27-20-25-11-15(9-22)19(28-20)24-10-14-3-2-4-17(18(14)21)30-7-5-23-6-8-30;;/h2-4,9,11-13,22-23H,5-8,10H2,1H3,(H2,24,25,27,28);2*1H. The maximum absolute atomic E-state index is 15.1. The van der Waals surface area contributed by atoms with E-state index >= 15 is 4.39 Å². The van der Waals surface area contributed by atoms with Crippen LogP contribution in [0, 0.1) is 11.2 Å². The summed E-state index contributed by atoms with van der Waals surface area (Å²) in [5.41, 5.74) is 2.43. The normalized spacial score (nSPS) is 13.9. The van der Waals surface area contributed by atoms with Crippen molar-refractivity contribution in [1.29, 1.82) is 5.41 Å². The molecule has 0 amide bonds. The lowest BCUT2D eigenvalue weighted by atomic mass is 10.1. The lowest BCUT2D eigenvalue weighted by Crippen LogP contribution is -2.44. The van der Waals surface area contributed by atoms with Crippen molar-refractivity contribution in [3.63, 3.8) is 0 Å². The lowest BCUT2D eigenvalue weighted by molar-refractivity contribution is 0.561. The fourth-order valence-corrected chi connectivity index (χ4v) is 3.35. The van der Waals surface area contributed by atoms with Crippen LogP contribution < -0.4 is 20.9 Å². The van der Waals surface area contributed by atoms with Gasteiger partial charge in [-0.2, -0.15) is 10.1 Å². The van der Waals surface area contributed by atoms with Crippen molar-refractivity contribution in [2.75, 3.05) is 41.7 Å². The molecular formula is C20H28FN9. The van der Waals surface area contributed by atoms with Crippen LogP contribution in [0.2, 0.25) is 0 Å². The van der Waals surface area contributed by atoms with E-state index in [0.717, 1.165) is 31.9 Å². The monoisotopic (exact) mass is 413 g/mol. The predicted molar refractivity (Wildman–Crippen MR) is 119 cm³/mol. The molecule has 0 unspecified atom stereocenters. The summed E-state index contributed by atoms with van der Waals surface area (Å²) in [5.74, 6) is 0.593. The molecule has 1 fully saturated rings. The molecule has 4 rings (SSSR count). The number of nitrogens with zero attached hydrogens (tertiary/aromatic N) is 5. The molecule has 1 aliphatic heterocycles. The number of aryl methyl sites for hydroxylation is 1. The fourth-order valence-electron chi connectivity index (χ4n) is 3.35. The van der Waals surface area contributed by atoms with Crippen molar-refractivity contribution >= 4 is 29.4 Å². The first-order chi connectivity index (χ1) is 14.6. The SMILES string of the molecule is Cn1cc(Nc2ncc(C=N)c(NCc3cccc(N4CCNCC4)c3F)n2)cn1.[HH].[HH]. The Morgan fingerprint density at radius 2 is 2.13 bits per heavy atom. The first-order valence-electron chi connectivity index (χ1n) is 9.74. The molecular weight excluding hydrogens is 385 g/mol. The van der Waals surface area contributed by atoms with Crippen LogP contribution in [-0.2, 0) is 13.6 Å². The van der Waals surface area contributed by atoms with Crippen LogP contribution in [0.15, 0.2) is 36.8 Å². The summed E-state index contributed by atoms with van der Waals surface area (Å²) >= 11 is 0. The van der Waals surface area contributed by atoms with E-state index in [9.17, 15) is 0 Å². The van der Waals surface area contributed by atoms with Gasteiger partial charge in [0.05, 0.1) is 23.1 Å². The average molecular weight is 414 g/mol. The van der Waals surface area contributed by atoms with Gasteiger partial charge in [0.2, 0.25) is 5.95 Å². The van der Waals surface area contributed by atoms with Crippen LogP contribution in [-0.4, -0.2) is 52.1 Å². The predicted octanol–water partition coefficient (Wildman–Crippen LogP) is 2.60. The van der Waals surface area contributed by atoms with E-state index < -0.39 is 0 Å². The zero-order valence-electron chi connectivity index (χ0n) is 16.7. The van der Waals surface area contributed by atoms with Gasteiger partial charge in [-0.3, -0.25) is 4.68 Å². The smallest absolute Gasteiger partial charge is 0.229 e. The molecule has 2 aromatic heterocycles. The summed E-state index contributed by atoms with van der Waals surface area (Å²) in [4.78, 5) is 10.7. The van der Waals surface area contributed by atoms with Gasteiger partial charge in [0.1, 0.15) is 5.82 Å². The van der Waals surface area contributed by atoms with Crippen molar-refractivity contribution in [1.82, 2.24) is 25.1 Å². The number of halogens is 1. The summed E-state index contributed by atoms with van der Waals surface area (Å²) in [6.07, 6.45) is 6.19. The van der Waals surface area contributed by atoms with Gasteiger partial charge >= 0.3 is 0 Å². The maximum Gasteiger partial charge on any atom is 0.229 e. The number of anilines is 4. The summed E-state index contributed by atoms with van der Waals surface area (Å²) in [5, 5.41) is 21.2. The Bertz CT molecular complexity index is 1040. The highest BCUT2D eigenvalue weighted by atomic mass is 19.1. The Morgan fingerprint density at radius 3 is 2.87 bits per heavy atom. The van der Waals surface area contributed by atoms with Gasteiger partial charge in [0.25, 0.3) is 0 Å². The van der Waals surface area contributed by atoms with Crippen molar-refractivity contribution < 1.29 is 7.24 Å². The van der Waals surface area contributed by atoms with E-state index in [4.69, 9.17) is 5.41 Å². The molecule has 1 aliphatic rings. The number of hydrogen-bond acceptors (Lipinski definition) is 8. The van der Waals surface area contributed by atoms with Gasteiger partial charge in [0.15, 0.2) is 5.82 Å². The summed E-state index contributed by atoms with van der Waals surface area (Å²) < 4.78 is 16.8. The molecule has 0 spiro atoms. The van der Waals surface area contributed by atoms with Crippen LogP contribution >= 0.6 is 0 Å². The molecule has 9 nitrogen and oxygen atoms in total. The van der Waals surface area contributed by atoms with Crippen LogP contribution in [0.4, 0.5) is 27.5 Å². The third-order valence-electron chi connectivity index (χ3n) is 4.90. The average Bonchev–Trinajstić information content (AvgIpc) is 3.18. The second-order valence-electron chi connectivity index (χ2n) is 7.01. The Labute approximate surface area is 176 Å². The zero-order valence-corrected chi connectivity index (χ0v) is 16.7. The quantitative estimate of drug-likeness (QED) is 0.441. The molecule has 1 saturated heterocycles. The number of nitrogens with one attached hydrogen (secondary N) is 4. The zero-order chi connectivity index (χ0) is 20.9. The minimum absolute atomic E-state index is 0. The summed E-state index contributed by atoms with van der Waals surface area (Å²) in [7, 11) is 1.82. The molecule has 160 valence electrons. The van der Waals surface area contributed by atoms with Gasteiger partial charge in [-0.05, 0) is 6.07 Å². The van der Waals surface area contributed by atoms with E-state index in [0.29, 0.717) is 28.6 Å². The van der Waals surface area contributed by atoms with Crippen molar-refractivity contribution in [2.45, 2.75) is 6.54 Å². The molecule has 3 aromatic rings. The Balaban J connectivity index is 0.00000181. The maximum atomic E-state index is 15.1. The highest BCUT2D eigenvalue weighted by Crippen LogP contribution is 2.24. The molecule has 0 bridgehead atoms. The number of rotatable bonds is 7. The van der Waals surface area contributed by atoms with Crippen LogP contribution in [0.5, 0.6) is 0 Å². The van der Waals surface area contributed by atoms with E-state index in [1.807, 2.05) is 19.2 Å². The van der Waals surface area contributed by atoms with Crippen LogP contribution in [0.25, 0.3) is 0 Å². The van der Waals surface area contributed by atoms with Crippen molar-refractivity contribution in [2.24, 2.45) is 7.05 Å². The van der Waals surface area contributed by atoms with Crippen LogP contribution in [0.1, 0.15) is 14.0 Å². The fraction of sp³-hybridized carbons (Fsp3) is 0.300. The van der Waals surface area contributed by atoms with Crippen molar-refractivity contribution in [3.8, 4) is 0 Å². The van der Waals surface area contributed by atoms with Gasteiger partial charge in [0, 0.05) is 66.8 Å². The van der Waals surface area contributed by atoms with Crippen LogP contribution in [0.3, 0.4) is 0 Å². The lowest BCUT2D eigenvalue weighted by Gasteiger charge is -2.30. The van der Waals surface area contributed by atoms with E-state index in [1.165, 1.54) is 6.21 Å². The van der Waals surface area contributed by atoms with Gasteiger partial charge in [-0.15, -0.1) is 0 Å². The Kier molecular flexibility index (Phi) is 5.84.